The zero-order valence-corrected chi connectivity index (χ0v) is 10.9. The van der Waals surface area contributed by atoms with Gasteiger partial charge in [-0.05, 0) is 18.1 Å². The average Bonchev–Trinajstić information content (AvgIpc) is 2.15. The number of sulfone groups is 1. The predicted molar refractivity (Wildman–Crippen MR) is 63.7 cm³/mol. The number of halogens is 1. The number of hydrogen-bond acceptors (Lipinski definition) is 3. The fourth-order valence-electron chi connectivity index (χ4n) is 1.29. The number of benzene rings is 1. The zero-order chi connectivity index (χ0) is 11.6. The molecule has 0 radical (unpaired) electrons. The summed E-state index contributed by atoms with van der Waals surface area (Å²) in [5.74, 6) is 0. The molecule has 1 aromatic carbocycles. The fourth-order valence-corrected chi connectivity index (χ4v) is 2.19. The van der Waals surface area contributed by atoms with Crippen LogP contribution in [0.4, 0.5) is 0 Å². The van der Waals surface area contributed by atoms with Gasteiger partial charge in [-0.1, -0.05) is 40.2 Å². The van der Waals surface area contributed by atoms with E-state index in [0.29, 0.717) is 5.56 Å². The Morgan fingerprint density at radius 1 is 1.33 bits per heavy atom. The van der Waals surface area contributed by atoms with Crippen LogP contribution < -0.4 is 0 Å². The lowest BCUT2D eigenvalue weighted by Crippen LogP contribution is -2.21. The summed E-state index contributed by atoms with van der Waals surface area (Å²) in [6.45, 7) is 1.83. The lowest BCUT2D eigenvalue weighted by Gasteiger charge is -2.17. The number of hydrogen-bond donors (Lipinski definition) is 1. The summed E-state index contributed by atoms with van der Waals surface area (Å²) in [5.41, 5.74) is 1.50. The number of aryl methyl sites for hydroxylation is 1. The summed E-state index contributed by atoms with van der Waals surface area (Å²) in [7, 11) is -3.30. The van der Waals surface area contributed by atoms with Gasteiger partial charge in [0.05, 0.1) is 0 Å². The summed E-state index contributed by atoms with van der Waals surface area (Å²) in [6, 6.07) is 7.17. The van der Waals surface area contributed by atoms with Crippen molar-refractivity contribution in [1.29, 1.82) is 0 Å². The Bertz CT molecular complexity index is 442. The van der Waals surface area contributed by atoms with E-state index in [9.17, 15) is 13.5 Å². The van der Waals surface area contributed by atoms with Crippen molar-refractivity contribution < 1.29 is 13.5 Å². The van der Waals surface area contributed by atoms with Gasteiger partial charge >= 0.3 is 0 Å². The molecule has 0 fully saturated rings. The van der Waals surface area contributed by atoms with Crippen molar-refractivity contribution in [3.63, 3.8) is 0 Å². The number of aliphatic hydroxyl groups excluding tert-OH is 1. The summed E-state index contributed by atoms with van der Waals surface area (Å²) in [5, 5.41) is 9.88. The van der Waals surface area contributed by atoms with Crippen LogP contribution in [-0.2, 0) is 9.84 Å². The first-order valence-corrected chi connectivity index (χ1v) is 7.27. The van der Waals surface area contributed by atoms with Crippen LogP contribution in [0.1, 0.15) is 17.2 Å². The van der Waals surface area contributed by atoms with E-state index in [0.717, 1.165) is 11.8 Å². The molecule has 0 bridgehead atoms. The van der Waals surface area contributed by atoms with Crippen molar-refractivity contribution in [2.24, 2.45) is 0 Å². The minimum atomic E-state index is -3.30. The van der Waals surface area contributed by atoms with Crippen molar-refractivity contribution in [3.8, 4) is 0 Å². The van der Waals surface area contributed by atoms with E-state index in [-0.39, 0.29) is 0 Å². The van der Waals surface area contributed by atoms with Crippen molar-refractivity contribution in [1.82, 2.24) is 0 Å². The molecule has 1 N–H and O–H groups in total. The van der Waals surface area contributed by atoms with Crippen LogP contribution in [0.3, 0.4) is 0 Å². The van der Waals surface area contributed by atoms with E-state index >= 15 is 0 Å². The first-order valence-electron chi connectivity index (χ1n) is 4.40. The molecule has 5 heteroatoms. The second-order valence-corrected chi connectivity index (χ2v) is 7.24. The molecule has 0 spiro atoms. The molecule has 0 heterocycles. The van der Waals surface area contributed by atoms with Crippen LogP contribution in [0.2, 0.25) is 0 Å². The number of aliphatic hydroxyl groups is 1. The van der Waals surface area contributed by atoms with Crippen LogP contribution >= 0.6 is 15.9 Å². The molecule has 0 unspecified atom stereocenters. The van der Waals surface area contributed by atoms with Gasteiger partial charge in [-0.15, -0.1) is 0 Å². The van der Waals surface area contributed by atoms with Gasteiger partial charge in [-0.25, -0.2) is 8.42 Å². The Balaban J connectivity index is 3.06. The first kappa shape index (κ1) is 12.7. The van der Waals surface area contributed by atoms with E-state index in [1.165, 1.54) is 0 Å². The highest BCUT2D eigenvalue weighted by Crippen LogP contribution is 2.28. The van der Waals surface area contributed by atoms with Crippen LogP contribution in [0.5, 0.6) is 0 Å². The summed E-state index contributed by atoms with van der Waals surface area (Å²) in [6.07, 6.45) is 0.0506. The summed E-state index contributed by atoms with van der Waals surface area (Å²) in [4.78, 5) is 0. The van der Waals surface area contributed by atoms with Crippen molar-refractivity contribution in [2.75, 3.05) is 6.26 Å². The molecule has 0 aromatic heterocycles. The van der Waals surface area contributed by atoms with Crippen molar-refractivity contribution >= 4 is 25.8 Å². The molecule has 0 amide bonds. The molecule has 0 aliphatic heterocycles. The Morgan fingerprint density at radius 3 is 2.33 bits per heavy atom. The molecule has 0 aliphatic carbocycles. The molecule has 15 heavy (non-hydrogen) atoms. The van der Waals surface area contributed by atoms with E-state index < -0.39 is 20.1 Å². The normalized spacial score (nSPS) is 16.0. The molecule has 3 nitrogen and oxygen atoms in total. The van der Waals surface area contributed by atoms with Crippen molar-refractivity contribution in [2.45, 2.75) is 17.2 Å². The highest BCUT2D eigenvalue weighted by molar-refractivity contribution is 9.11. The minimum absolute atomic E-state index is 0.629. The maximum absolute atomic E-state index is 11.3. The lowest BCUT2D eigenvalue weighted by molar-refractivity contribution is 0.194. The monoisotopic (exact) mass is 292 g/mol. The fraction of sp³-hybridized carbons (Fsp3) is 0.400. The Labute approximate surface area is 98.2 Å². The maximum Gasteiger partial charge on any atom is 0.163 e. The molecule has 0 saturated heterocycles. The van der Waals surface area contributed by atoms with Gasteiger partial charge in [-0.2, -0.15) is 0 Å². The van der Waals surface area contributed by atoms with E-state index in [4.69, 9.17) is 0 Å². The average molecular weight is 293 g/mol. The van der Waals surface area contributed by atoms with Gasteiger partial charge < -0.3 is 5.11 Å². The second kappa shape index (κ2) is 4.63. The quantitative estimate of drug-likeness (QED) is 0.865. The molecule has 0 saturated carbocycles. The van der Waals surface area contributed by atoms with Gasteiger partial charge in [0, 0.05) is 6.26 Å². The predicted octanol–water partition coefficient (Wildman–Crippen LogP) is 1.79. The molecule has 1 aromatic rings. The van der Waals surface area contributed by atoms with Gasteiger partial charge in [0.1, 0.15) is 10.3 Å². The third kappa shape index (κ3) is 3.03. The third-order valence-corrected chi connectivity index (χ3v) is 5.78. The SMILES string of the molecule is Cc1ccccc1[C@@H](O)[C@@H](Br)S(C)(=O)=O. The van der Waals surface area contributed by atoms with Crippen molar-refractivity contribution in [3.05, 3.63) is 35.4 Å². The summed E-state index contributed by atoms with van der Waals surface area (Å²) < 4.78 is 21.5. The molecular weight excluding hydrogens is 280 g/mol. The number of alkyl halides is 1. The highest BCUT2D eigenvalue weighted by Gasteiger charge is 2.27. The van der Waals surface area contributed by atoms with E-state index in [2.05, 4.69) is 15.9 Å². The summed E-state index contributed by atoms with van der Waals surface area (Å²) >= 11 is 3.00. The zero-order valence-electron chi connectivity index (χ0n) is 8.51. The van der Waals surface area contributed by atoms with Gasteiger partial charge in [-0.3, -0.25) is 0 Å². The molecule has 84 valence electrons. The topological polar surface area (TPSA) is 54.4 Å². The smallest absolute Gasteiger partial charge is 0.163 e. The Hall–Kier alpha value is -0.390. The molecule has 2 atom stereocenters. The standard InChI is InChI=1S/C10H13BrO3S/c1-7-5-3-4-6-8(7)9(12)10(11)15(2,13)14/h3-6,9-10,12H,1-2H3/t9-,10+/m1/s1. The minimum Gasteiger partial charge on any atom is -0.386 e. The Kier molecular flexibility index (Phi) is 3.92. The van der Waals surface area contributed by atoms with E-state index in [1.807, 2.05) is 19.1 Å². The highest BCUT2D eigenvalue weighted by atomic mass is 79.9. The Morgan fingerprint density at radius 2 is 1.87 bits per heavy atom. The third-order valence-electron chi connectivity index (χ3n) is 2.16. The molecule has 0 aliphatic rings. The van der Waals surface area contributed by atoms with Gasteiger partial charge in [0.25, 0.3) is 0 Å². The second-order valence-electron chi connectivity index (χ2n) is 3.48. The lowest BCUT2D eigenvalue weighted by atomic mass is 10.1. The van der Waals surface area contributed by atoms with Crippen LogP contribution in [0, 0.1) is 6.92 Å². The number of rotatable bonds is 3. The van der Waals surface area contributed by atoms with Gasteiger partial charge in [0.2, 0.25) is 0 Å². The first-order chi connectivity index (χ1) is 6.84. The largest absolute Gasteiger partial charge is 0.386 e. The molecular formula is C10H13BrO3S. The van der Waals surface area contributed by atoms with E-state index in [1.54, 1.807) is 12.1 Å². The van der Waals surface area contributed by atoms with Crippen LogP contribution in [-0.4, -0.2) is 23.9 Å². The van der Waals surface area contributed by atoms with Gasteiger partial charge in [0.15, 0.2) is 9.84 Å². The maximum atomic E-state index is 11.3. The van der Waals surface area contributed by atoms with Crippen LogP contribution in [0.15, 0.2) is 24.3 Å². The van der Waals surface area contributed by atoms with Crippen LogP contribution in [0.25, 0.3) is 0 Å². The molecule has 1 rings (SSSR count).